The van der Waals surface area contributed by atoms with E-state index in [1.54, 1.807) is 12.1 Å². The molecule has 1 saturated heterocycles. The lowest BCUT2D eigenvalue weighted by atomic mass is 10.1. The molecule has 1 heterocycles. The molecule has 1 fully saturated rings. The third-order valence-electron chi connectivity index (χ3n) is 3.85. The first-order valence-electron chi connectivity index (χ1n) is 7.19. The predicted octanol–water partition coefficient (Wildman–Crippen LogP) is 3.55. The van der Waals surface area contributed by atoms with Crippen molar-refractivity contribution in [1.82, 2.24) is 4.90 Å². The molecule has 2 aromatic carbocycles. The van der Waals surface area contributed by atoms with Crippen LogP contribution in [0.5, 0.6) is 0 Å². The molecule has 0 unspecified atom stereocenters. The number of anilines is 1. The number of halogens is 2. The topological polar surface area (TPSA) is 23.6 Å². The van der Waals surface area contributed by atoms with E-state index in [2.05, 4.69) is 20.8 Å². The maximum Gasteiger partial charge on any atom is 0.253 e. The monoisotopic (exact) mass is 362 g/mol. The van der Waals surface area contributed by atoms with Gasteiger partial charge in [0.05, 0.1) is 0 Å². The van der Waals surface area contributed by atoms with Crippen molar-refractivity contribution in [2.75, 3.05) is 31.1 Å². The lowest BCUT2D eigenvalue weighted by molar-refractivity contribution is 0.0747. The SMILES string of the molecule is O=C(c1ccc(Br)cc1)N1CCN(c2ccc(F)cc2)CC1. The van der Waals surface area contributed by atoms with Crippen LogP contribution in [0.15, 0.2) is 53.0 Å². The summed E-state index contributed by atoms with van der Waals surface area (Å²) in [5, 5.41) is 0. The average Bonchev–Trinajstić information content (AvgIpc) is 2.56. The summed E-state index contributed by atoms with van der Waals surface area (Å²) < 4.78 is 13.9. The molecule has 0 aliphatic carbocycles. The first-order valence-corrected chi connectivity index (χ1v) is 7.98. The van der Waals surface area contributed by atoms with Gasteiger partial charge in [0, 0.05) is 41.9 Å². The molecule has 3 nitrogen and oxygen atoms in total. The third kappa shape index (κ3) is 3.30. The summed E-state index contributed by atoms with van der Waals surface area (Å²) in [7, 11) is 0. The van der Waals surface area contributed by atoms with Crippen LogP contribution in [0, 0.1) is 5.82 Å². The van der Waals surface area contributed by atoms with Gasteiger partial charge in [0.2, 0.25) is 0 Å². The maximum atomic E-state index is 13.0. The molecule has 22 heavy (non-hydrogen) atoms. The van der Waals surface area contributed by atoms with Crippen LogP contribution in [-0.2, 0) is 0 Å². The van der Waals surface area contributed by atoms with Crippen LogP contribution in [0.25, 0.3) is 0 Å². The number of benzene rings is 2. The normalized spacial score (nSPS) is 15.0. The van der Waals surface area contributed by atoms with Crippen molar-refractivity contribution in [3.63, 3.8) is 0 Å². The molecule has 1 aliphatic heterocycles. The van der Waals surface area contributed by atoms with Gasteiger partial charge in [0.15, 0.2) is 0 Å². The van der Waals surface area contributed by atoms with Gasteiger partial charge in [-0.15, -0.1) is 0 Å². The Morgan fingerprint density at radius 3 is 2.09 bits per heavy atom. The van der Waals surface area contributed by atoms with Gasteiger partial charge in [-0.25, -0.2) is 4.39 Å². The second-order valence-corrected chi connectivity index (χ2v) is 6.18. The van der Waals surface area contributed by atoms with E-state index in [-0.39, 0.29) is 11.7 Å². The van der Waals surface area contributed by atoms with Crippen molar-refractivity contribution in [1.29, 1.82) is 0 Å². The average molecular weight is 363 g/mol. The fourth-order valence-electron chi connectivity index (χ4n) is 2.59. The number of carbonyl (C=O) groups excluding carboxylic acids is 1. The van der Waals surface area contributed by atoms with Crippen molar-refractivity contribution >= 4 is 27.5 Å². The Kier molecular flexibility index (Phi) is 4.43. The molecule has 0 aromatic heterocycles. The summed E-state index contributed by atoms with van der Waals surface area (Å²) in [6, 6.07) is 13.9. The highest BCUT2D eigenvalue weighted by Gasteiger charge is 2.22. The summed E-state index contributed by atoms with van der Waals surface area (Å²) in [5.41, 5.74) is 1.70. The number of hydrogen-bond donors (Lipinski definition) is 0. The molecule has 2 aromatic rings. The van der Waals surface area contributed by atoms with Crippen molar-refractivity contribution in [3.05, 3.63) is 64.4 Å². The highest BCUT2D eigenvalue weighted by molar-refractivity contribution is 9.10. The summed E-state index contributed by atoms with van der Waals surface area (Å²) in [5.74, 6) is -0.168. The molecule has 0 atom stereocenters. The summed E-state index contributed by atoms with van der Waals surface area (Å²) in [6.45, 7) is 2.86. The van der Waals surface area contributed by atoms with Gasteiger partial charge in [-0.3, -0.25) is 4.79 Å². The van der Waals surface area contributed by atoms with Crippen LogP contribution in [0.2, 0.25) is 0 Å². The summed E-state index contributed by atoms with van der Waals surface area (Å²) in [6.07, 6.45) is 0. The number of amides is 1. The van der Waals surface area contributed by atoms with E-state index in [9.17, 15) is 9.18 Å². The Hall–Kier alpha value is -1.88. The Balaban J connectivity index is 1.62. The maximum absolute atomic E-state index is 13.0. The van der Waals surface area contributed by atoms with E-state index in [0.717, 1.165) is 23.2 Å². The third-order valence-corrected chi connectivity index (χ3v) is 4.38. The Labute approximate surface area is 137 Å². The highest BCUT2D eigenvalue weighted by atomic mass is 79.9. The molecule has 0 spiro atoms. The Morgan fingerprint density at radius 2 is 1.50 bits per heavy atom. The van der Waals surface area contributed by atoms with Crippen LogP contribution in [0.4, 0.5) is 10.1 Å². The fraction of sp³-hybridized carbons (Fsp3) is 0.235. The van der Waals surface area contributed by atoms with Gasteiger partial charge in [0.1, 0.15) is 5.82 Å². The molecule has 5 heteroatoms. The van der Waals surface area contributed by atoms with Gasteiger partial charge in [-0.05, 0) is 48.5 Å². The van der Waals surface area contributed by atoms with Crippen molar-refractivity contribution < 1.29 is 9.18 Å². The number of nitrogens with zero attached hydrogens (tertiary/aromatic N) is 2. The highest BCUT2D eigenvalue weighted by Crippen LogP contribution is 2.18. The number of piperazine rings is 1. The van der Waals surface area contributed by atoms with Gasteiger partial charge in [0.25, 0.3) is 5.91 Å². The number of carbonyl (C=O) groups is 1. The minimum absolute atomic E-state index is 0.0613. The first kappa shape index (κ1) is 15.0. The molecule has 0 radical (unpaired) electrons. The van der Waals surface area contributed by atoms with Crippen LogP contribution in [0.3, 0.4) is 0 Å². The predicted molar refractivity (Wildman–Crippen MR) is 88.7 cm³/mol. The minimum Gasteiger partial charge on any atom is -0.368 e. The van der Waals surface area contributed by atoms with Gasteiger partial charge >= 0.3 is 0 Å². The minimum atomic E-state index is -0.229. The van der Waals surface area contributed by atoms with Crippen molar-refractivity contribution in [2.24, 2.45) is 0 Å². The zero-order valence-electron chi connectivity index (χ0n) is 12.0. The molecular weight excluding hydrogens is 347 g/mol. The summed E-state index contributed by atoms with van der Waals surface area (Å²) >= 11 is 3.37. The molecule has 114 valence electrons. The molecule has 0 saturated carbocycles. The molecular formula is C17H16BrFN2O. The van der Waals surface area contributed by atoms with Crippen LogP contribution in [0.1, 0.15) is 10.4 Å². The van der Waals surface area contributed by atoms with E-state index < -0.39 is 0 Å². The molecule has 1 amide bonds. The largest absolute Gasteiger partial charge is 0.368 e. The molecule has 1 aliphatic rings. The van der Waals surface area contributed by atoms with Crippen LogP contribution in [-0.4, -0.2) is 37.0 Å². The van der Waals surface area contributed by atoms with Crippen LogP contribution >= 0.6 is 15.9 Å². The van der Waals surface area contributed by atoms with E-state index in [0.29, 0.717) is 18.7 Å². The molecule has 3 rings (SSSR count). The summed E-state index contributed by atoms with van der Waals surface area (Å²) in [4.78, 5) is 16.5. The van der Waals surface area contributed by atoms with E-state index in [1.807, 2.05) is 29.2 Å². The van der Waals surface area contributed by atoms with Crippen LogP contribution < -0.4 is 4.90 Å². The molecule has 0 bridgehead atoms. The number of rotatable bonds is 2. The van der Waals surface area contributed by atoms with Gasteiger partial charge in [-0.2, -0.15) is 0 Å². The van der Waals surface area contributed by atoms with E-state index in [1.165, 1.54) is 12.1 Å². The van der Waals surface area contributed by atoms with Gasteiger partial charge < -0.3 is 9.80 Å². The number of hydrogen-bond acceptors (Lipinski definition) is 2. The standard InChI is InChI=1S/C17H16BrFN2O/c18-14-3-1-13(2-4-14)17(22)21-11-9-20(10-12-21)16-7-5-15(19)6-8-16/h1-8H,9-12H2. The second-order valence-electron chi connectivity index (χ2n) is 5.26. The lowest BCUT2D eigenvalue weighted by Gasteiger charge is -2.36. The smallest absolute Gasteiger partial charge is 0.253 e. The lowest BCUT2D eigenvalue weighted by Crippen LogP contribution is -2.48. The van der Waals surface area contributed by atoms with Crippen molar-refractivity contribution in [2.45, 2.75) is 0 Å². The van der Waals surface area contributed by atoms with Crippen molar-refractivity contribution in [3.8, 4) is 0 Å². The van der Waals surface area contributed by atoms with E-state index >= 15 is 0 Å². The second kappa shape index (κ2) is 6.48. The van der Waals surface area contributed by atoms with E-state index in [4.69, 9.17) is 0 Å². The Bertz CT molecular complexity index is 649. The fourth-order valence-corrected chi connectivity index (χ4v) is 2.86. The zero-order chi connectivity index (χ0) is 15.5. The Morgan fingerprint density at radius 1 is 0.909 bits per heavy atom. The van der Waals surface area contributed by atoms with Gasteiger partial charge in [-0.1, -0.05) is 15.9 Å². The molecule has 0 N–H and O–H groups in total. The zero-order valence-corrected chi connectivity index (χ0v) is 13.6. The first-order chi connectivity index (χ1) is 10.6. The quantitative estimate of drug-likeness (QED) is 0.815.